The van der Waals surface area contributed by atoms with Crippen LogP contribution in [0.15, 0.2) is 34.9 Å². The number of para-hydroxylation sites is 1. The number of aromatic carboxylic acids is 1. The van der Waals surface area contributed by atoms with Crippen molar-refractivity contribution in [3.8, 4) is 0 Å². The van der Waals surface area contributed by atoms with Crippen LogP contribution in [0.2, 0.25) is 0 Å². The zero-order chi connectivity index (χ0) is 14.8. The molecule has 0 atom stereocenters. The lowest BCUT2D eigenvalue weighted by molar-refractivity contribution is 0.0698. The number of rotatable bonds is 5. The molecular weight excluding hydrogens is 284 g/mol. The Labute approximate surface area is 115 Å². The topological polar surface area (TPSA) is 110 Å². The SMILES string of the molecule is Cc1cc(CS(=O)(=O)Nc2ccccc2C(=O)O)no1. The molecule has 7 nitrogen and oxygen atoms in total. The maximum atomic E-state index is 12.0. The van der Waals surface area contributed by atoms with Gasteiger partial charge in [0.05, 0.1) is 11.3 Å². The lowest BCUT2D eigenvalue weighted by Gasteiger charge is -2.09. The maximum Gasteiger partial charge on any atom is 0.337 e. The predicted molar refractivity (Wildman–Crippen MR) is 70.9 cm³/mol. The molecule has 2 rings (SSSR count). The summed E-state index contributed by atoms with van der Waals surface area (Å²) in [6.07, 6.45) is 0. The van der Waals surface area contributed by atoms with E-state index in [0.717, 1.165) is 0 Å². The van der Waals surface area contributed by atoms with Gasteiger partial charge in [0.25, 0.3) is 0 Å². The average Bonchev–Trinajstić information content (AvgIpc) is 2.73. The number of nitrogens with one attached hydrogen (secondary N) is 1. The normalized spacial score (nSPS) is 11.2. The first-order valence-electron chi connectivity index (χ1n) is 5.62. The summed E-state index contributed by atoms with van der Waals surface area (Å²) in [5.74, 6) is -1.10. The quantitative estimate of drug-likeness (QED) is 0.867. The molecule has 1 heterocycles. The first-order chi connectivity index (χ1) is 9.37. The molecule has 0 fully saturated rings. The molecule has 0 radical (unpaired) electrons. The lowest BCUT2D eigenvalue weighted by atomic mass is 10.2. The standard InChI is InChI=1S/C12H12N2O5S/c1-8-6-9(13-19-8)7-20(17,18)14-11-5-3-2-4-10(11)12(15)16/h2-6,14H,7H2,1H3,(H,15,16). The molecule has 2 aromatic rings. The third-order valence-electron chi connectivity index (χ3n) is 2.44. The molecular formula is C12H12N2O5S. The number of nitrogens with zero attached hydrogens (tertiary/aromatic N) is 1. The Kier molecular flexibility index (Phi) is 3.75. The van der Waals surface area contributed by atoms with Crippen LogP contribution >= 0.6 is 0 Å². The van der Waals surface area contributed by atoms with E-state index in [9.17, 15) is 13.2 Å². The highest BCUT2D eigenvalue weighted by Gasteiger charge is 2.18. The Hall–Kier alpha value is -2.35. The van der Waals surface area contributed by atoms with Crippen LogP contribution < -0.4 is 4.72 Å². The summed E-state index contributed by atoms with van der Waals surface area (Å²) in [5, 5.41) is 12.6. The molecule has 0 aliphatic carbocycles. The predicted octanol–water partition coefficient (Wildman–Crippen LogP) is 1.62. The Morgan fingerprint density at radius 3 is 2.70 bits per heavy atom. The van der Waals surface area contributed by atoms with Gasteiger partial charge in [-0.1, -0.05) is 17.3 Å². The summed E-state index contributed by atoms with van der Waals surface area (Å²) >= 11 is 0. The first kappa shape index (κ1) is 14.1. The van der Waals surface area contributed by atoms with Gasteiger partial charge in [-0.15, -0.1) is 0 Å². The minimum Gasteiger partial charge on any atom is -0.478 e. The van der Waals surface area contributed by atoms with Gasteiger partial charge in [-0.2, -0.15) is 0 Å². The molecule has 20 heavy (non-hydrogen) atoms. The number of carbonyl (C=O) groups is 1. The summed E-state index contributed by atoms with van der Waals surface area (Å²) < 4.78 is 31.0. The van der Waals surface area contributed by atoms with Crippen LogP contribution in [0, 0.1) is 6.92 Å². The molecule has 0 saturated carbocycles. The van der Waals surface area contributed by atoms with E-state index in [1.54, 1.807) is 13.0 Å². The number of anilines is 1. The zero-order valence-electron chi connectivity index (χ0n) is 10.5. The largest absolute Gasteiger partial charge is 0.478 e. The van der Waals surface area contributed by atoms with Crippen LogP contribution in [-0.2, 0) is 15.8 Å². The number of carboxylic acids is 1. The van der Waals surface area contributed by atoms with Gasteiger partial charge in [-0.25, -0.2) is 13.2 Å². The third-order valence-corrected chi connectivity index (χ3v) is 3.64. The zero-order valence-corrected chi connectivity index (χ0v) is 11.3. The van der Waals surface area contributed by atoms with Gasteiger partial charge in [-0.3, -0.25) is 4.72 Å². The highest BCUT2D eigenvalue weighted by Crippen LogP contribution is 2.18. The number of aromatic nitrogens is 1. The van der Waals surface area contributed by atoms with Crippen molar-refractivity contribution in [2.75, 3.05) is 4.72 Å². The molecule has 0 spiro atoms. The number of hydrogen-bond donors (Lipinski definition) is 2. The van der Waals surface area contributed by atoms with E-state index in [0.29, 0.717) is 5.76 Å². The van der Waals surface area contributed by atoms with Gasteiger partial charge < -0.3 is 9.63 Å². The molecule has 0 saturated heterocycles. The number of aryl methyl sites for hydroxylation is 1. The molecule has 0 unspecified atom stereocenters. The van der Waals surface area contributed by atoms with E-state index in [2.05, 4.69) is 9.88 Å². The van der Waals surface area contributed by atoms with E-state index >= 15 is 0 Å². The van der Waals surface area contributed by atoms with Crippen molar-refractivity contribution in [2.45, 2.75) is 12.7 Å². The highest BCUT2D eigenvalue weighted by molar-refractivity contribution is 7.91. The summed E-state index contributed by atoms with van der Waals surface area (Å²) in [6.45, 7) is 1.65. The summed E-state index contributed by atoms with van der Waals surface area (Å²) in [6, 6.07) is 7.27. The maximum absolute atomic E-state index is 12.0. The molecule has 2 N–H and O–H groups in total. The molecule has 0 amide bonds. The lowest BCUT2D eigenvalue weighted by Crippen LogP contribution is -2.17. The summed E-state index contributed by atoms with van der Waals surface area (Å²) in [7, 11) is -3.77. The molecule has 0 bridgehead atoms. The van der Waals surface area contributed by atoms with Crippen molar-refractivity contribution in [1.82, 2.24) is 5.16 Å². The molecule has 0 aliphatic rings. The number of sulfonamides is 1. The first-order valence-corrected chi connectivity index (χ1v) is 7.27. The number of carboxylic acid groups (broad SMARTS) is 1. The second kappa shape index (κ2) is 5.33. The van der Waals surface area contributed by atoms with Gasteiger partial charge in [0, 0.05) is 6.07 Å². The van der Waals surface area contributed by atoms with Crippen LogP contribution in [0.5, 0.6) is 0 Å². The van der Waals surface area contributed by atoms with Gasteiger partial charge >= 0.3 is 5.97 Å². The van der Waals surface area contributed by atoms with E-state index in [4.69, 9.17) is 9.63 Å². The fourth-order valence-electron chi connectivity index (χ4n) is 1.64. The molecule has 106 valence electrons. The van der Waals surface area contributed by atoms with Crippen LogP contribution in [0.4, 0.5) is 5.69 Å². The van der Waals surface area contributed by atoms with Crippen molar-refractivity contribution >= 4 is 21.7 Å². The van der Waals surface area contributed by atoms with Crippen molar-refractivity contribution in [1.29, 1.82) is 0 Å². The van der Waals surface area contributed by atoms with E-state index in [-0.39, 0.29) is 16.9 Å². The van der Waals surface area contributed by atoms with Crippen LogP contribution in [0.3, 0.4) is 0 Å². The fourth-order valence-corrected chi connectivity index (χ4v) is 2.75. The minimum atomic E-state index is -3.77. The van der Waals surface area contributed by atoms with Crippen LogP contribution in [0.1, 0.15) is 21.8 Å². The monoisotopic (exact) mass is 296 g/mol. The van der Waals surface area contributed by atoms with Crippen LogP contribution in [0.25, 0.3) is 0 Å². The Morgan fingerprint density at radius 1 is 1.40 bits per heavy atom. The number of benzene rings is 1. The fraction of sp³-hybridized carbons (Fsp3) is 0.167. The van der Waals surface area contributed by atoms with Gasteiger partial charge in [0.2, 0.25) is 10.0 Å². The Morgan fingerprint density at radius 2 is 2.10 bits per heavy atom. The summed E-state index contributed by atoms with van der Waals surface area (Å²) in [4.78, 5) is 11.0. The Balaban J connectivity index is 2.22. The molecule has 0 aliphatic heterocycles. The second-order valence-corrected chi connectivity index (χ2v) is 5.86. The molecule has 1 aromatic carbocycles. The van der Waals surface area contributed by atoms with Gasteiger partial charge in [0.15, 0.2) is 0 Å². The smallest absolute Gasteiger partial charge is 0.337 e. The van der Waals surface area contributed by atoms with E-state index in [1.165, 1.54) is 24.3 Å². The molecule has 8 heteroatoms. The highest BCUT2D eigenvalue weighted by atomic mass is 32.2. The number of hydrogen-bond acceptors (Lipinski definition) is 5. The average molecular weight is 296 g/mol. The van der Waals surface area contributed by atoms with Crippen molar-refractivity contribution < 1.29 is 22.8 Å². The van der Waals surface area contributed by atoms with E-state index < -0.39 is 21.7 Å². The minimum absolute atomic E-state index is 0.0141. The van der Waals surface area contributed by atoms with Gasteiger partial charge in [0.1, 0.15) is 17.2 Å². The van der Waals surface area contributed by atoms with E-state index in [1.807, 2.05) is 0 Å². The summed E-state index contributed by atoms with van der Waals surface area (Å²) in [5.41, 5.74) is 0.149. The van der Waals surface area contributed by atoms with Crippen molar-refractivity contribution in [3.63, 3.8) is 0 Å². The Bertz CT molecular complexity index is 736. The van der Waals surface area contributed by atoms with Crippen LogP contribution in [-0.4, -0.2) is 24.7 Å². The molecule has 1 aromatic heterocycles. The second-order valence-electron chi connectivity index (χ2n) is 4.14. The van der Waals surface area contributed by atoms with Crippen molar-refractivity contribution in [3.05, 3.63) is 47.3 Å². The van der Waals surface area contributed by atoms with Crippen molar-refractivity contribution in [2.24, 2.45) is 0 Å². The van der Waals surface area contributed by atoms with Gasteiger partial charge in [-0.05, 0) is 19.1 Å². The third kappa shape index (κ3) is 3.35.